The quantitative estimate of drug-likeness (QED) is 0.600. The Bertz CT molecular complexity index is 123. The summed E-state index contributed by atoms with van der Waals surface area (Å²) in [5, 5.41) is 9.29. The van der Waals surface area contributed by atoms with Gasteiger partial charge in [-0.2, -0.15) is 0 Å². The zero-order valence-electron chi connectivity index (χ0n) is 8.75. The maximum Gasteiger partial charge on any atom is 0.101 e. The summed E-state index contributed by atoms with van der Waals surface area (Å²) >= 11 is 0. The molecule has 0 heterocycles. The molecule has 3 N–H and O–H groups in total. The molecule has 0 aromatic rings. The van der Waals surface area contributed by atoms with E-state index in [-0.39, 0.29) is 12.1 Å². The molecule has 0 bridgehead atoms. The molecule has 0 aliphatic rings. The molecule has 0 saturated heterocycles. The maximum atomic E-state index is 9.29. The fourth-order valence-electron chi connectivity index (χ4n) is 0.760. The average Bonchev–Trinajstić information content (AvgIpc) is 1.98. The lowest BCUT2D eigenvalue weighted by Crippen LogP contribution is -2.38. The Labute approximate surface area is 80.0 Å². The second kappa shape index (κ2) is 6.32. The summed E-state index contributed by atoms with van der Waals surface area (Å²) in [6.45, 7) is 7.29. The Balaban J connectivity index is 3.31. The van der Waals surface area contributed by atoms with Gasteiger partial charge in [0.1, 0.15) is 6.10 Å². The number of aliphatic hydroxyl groups is 1. The van der Waals surface area contributed by atoms with Gasteiger partial charge in [-0.15, -0.1) is 0 Å². The van der Waals surface area contributed by atoms with Crippen LogP contribution in [0.5, 0.6) is 0 Å². The van der Waals surface area contributed by atoms with Crippen molar-refractivity contribution in [3.05, 3.63) is 0 Å². The lowest BCUT2D eigenvalue weighted by molar-refractivity contribution is -0.0241. The van der Waals surface area contributed by atoms with Crippen molar-refractivity contribution in [1.82, 2.24) is 0 Å². The van der Waals surface area contributed by atoms with E-state index >= 15 is 0 Å². The van der Waals surface area contributed by atoms with Crippen LogP contribution in [0, 0.1) is 0 Å². The molecule has 13 heavy (non-hydrogen) atoms. The molecule has 0 radical (unpaired) electrons. The molecule has 80 valence electrons. The van der Waals surface area contributed by atoms with Crippen LogP contribution in [0.2, 0.25) is 0 Å². The van der Waals surface area contributed by atoms with Gasteiger partial charge in [0.2, 0.25) is 0 Å². The second-order valence-electron chi connectivity index (χ2n) is 3.82. The van der Waals surface area contributed by atoms with E-state index in [0.717, 1.165) is 0 Å². The van der Waals surface area contributed by atoms with Crippen LogP contribution in [0.4, 0.5) is 0 Å². The molecule has 1 atom stereocenters. The van der Waals surface area contributed by atoms with Crippen LogP contribution in [0.15, 0.2) is 0 Å². The van der Waals surface area contributed by atoms with Gasteiger partial charge in [0.05, 0.1) is 19.8 Å². The van der Waals surface area contributed by atoms with Gasteiger partial charge >= 0.3 is 0 Å². The van der Waals surface area contributed by atoms with Crippen LogP contribution >= 0.6 is 0 Å². The lowest BCUT2D eigenvalue weighted by atomic mass is 10.1. The van der Waals surface area contributed by atoms with Crippen molar-refractivity contribution in [3.8, 4) is 0 Å². The zero-order chi connectivity index (χ0) is 10.3. The number of hydrogen-bond donors (Lipinski definition) is 2. The molecule has 0 aliphatic carbocycles. The maximum absolute atomic E-state index is 9.29. The van der Waals surface area contributed by atoms with E-state index in [4.69, 9.17) is 15.2 Å². The topological polar surface area (TPSA) is 64.7 Å². The molecule has 4 heteroatoms. The van der Waals surface area contributed by atoms with Crippen LogP contribution < -0.4 is 5.73 Å². The second-order valence-corrected chi connectivity index (χ2v) is 3.82. The van der Waals surface area contributed by atoms with Gasteiger partial charge in [-0.05, 0) is 20.8 Å². The highest BCUT2D eigenvalue weighted by atomic mass is 16.5. The molecule has 1 unspecified atom stereocenters. The highest BCUT2D eigenvalue weighted by molar-refractivity contribution is 4.70. The molecule has 0 aliphatic heterocycles. The molecule has 0 rings (SSSR count). The molecule has 0 aromatic carbocycles. The summed E-state index contributed by atoms with van der Waals surface area (Å²) in [5.74, 6) is 0. The van der Waals surface area contributed by atoms with Gasteiger partial charge in [-0.3, -0.25) is 0 Å². The van der Waals surface area contributed by atoms with E-state index in [1.54, 1.807) is 0 Å². The first-order chi connectivity index (χ1) is 5.95. The third-order valence-electron chi connectivity index (χ3n) is 1.30. The van der Waals surface area contributed by atoms with Crippen LogP contribution in [0.25, 0.3) is 0 Å². The minimum Gasteiger partial charge on any atom is -0.388 e. The van der Waals surface area contributed by atoms with E-state index in [1.807, 2.05) is 20.8 Å². The summed E-state index contributed by atoms with van der Waals surface area (Å²) in [7, 11) is 0. The lowest BCUT2D eigenvalue weighted by Gasteiger charge is -2.19. The van der Waals surface area contributed by atoms with E-state index in [2.05, 4.69) is 0 Å². The average molecular weight is 191 g/mol. The van der Waals surface area contributed by atoms with Crippen molar-refractivity contribution >= 4 is 0 Å². The number of nitrogens with two attached hydrogens (primary N) is 1. The fourth-order valence-corrected chi connectivity index (χ4v) is 0.760. The predicted molar refractivity (Wildman–Crippen MR) is 51.6 cm³/mol. The predicted octanol–water partition coefficient (Wildman–Crippen LogP) is 0.138. The number of ether oxygens (including phenoxy) is 2. The molecule has 0 saturated carbocycles. The highest BCUT2D eigenvalue weighted by Crippen LogP contribution is 1.97. The first-order valence-electron chi connectivity index (χ1n) is 4.58. The SMILES string of the molecule is CCOCC(O)COCC(C)(C)N. The van der Waals surface area contributed by atoms with Gasteiger partial charge in [-0.1, -0.05) is 0 Å². The Hall–Kier alpha value is -0.160. The van der Waals surface area contributed by atoms with Gasteiger partial charge in [0.25, 0.3) is 0 Å². The third-order valence-corrected chi connectivity index (χ3v) is 1.30. The molecule has 0 fully saturated rings. The highest BCUT2D eigenvalue weighted by Gasteiger charge is 2.12. The van der Waals surface area contributed by atoms with E-state index in [0.29, 0.717) is 19.8 Å². The van der Waals surface area contributed by atoms with Crippen LogP contribution in [0.3, 0.4) is 0 Å². The Morgan fingerprint density at radius 2 is 1.85 bits per heavy atom. The van der Waals surface area contributed by atoms with Crippen molar-refractivity contribution in [2.75, 3.05) is 26.4 Å². The van der Waals surface area contributed by atoms with Crippen molar-refractivity contribution in [2.24, 2.45) is 5.73 Å². The molecule has 0 aromatic heterocycles. The van der Waals surface area contributed by atoms with Gasteiger partial charge in [0, 0.05) is 12.1 Å². The molecular formula is C9H21NO3. The van der Waals surface area contributed by atoms with Crippen molar-refractivity contribution < 1.29 is 14.6 Å². The number of hydrogen-bond acceptors (Lipinski definition) is 4. The monoisotopic (exact) mass is 191 g/mol. The minimum atomic E-state index is -0.553. The van der Waals surface area contributed by atoms with Crippen molar-refractivity contribution in [3.63, 3.8) is 0 Å². The Morgan fingerprint density at radius 1 is 1.31 bits per heavy atom. The molecule has 4 nitrogen and oxygen atoms in total. The fraction of sp³-hybridized carbons (Fsp3) is 1.00. The molecule has 0 amide bonds. The summed E-state index contributed by atoms with van der Waals surface area (Å²) in [6.07, 6.45) is -0.553. The first kappa shape index (κ1) is 12.8. The Morgan fingerprint density at radius 3 is 2.31 bits per heavy atom. The number of rotatable bonds is 7. The molecule has 0 spiro atoms. The van der Waals surface area contributed by atoms with E-state index in [1.165, 1.54) is 0 Å². The standard InChI is InChI=1S/C9H21NO3/c1-4-12-5-8(11)6-13-7-9(2,3)10/h8,11H,4-7,10H2,1-3H3. The minimum absolute atomic E-state index is 0.278. The van der Waals surface area contributed by atoms with Crippen LogP contribution in [-0.2, 0) is 9.47 Å². The largest absolute Gasteiger partial charge is 0.388 e. The smallest absolute Gasteiger partial charge is 0.101 e. The van der Waals surface area contributed by atoms with Crippen LogP contribution in [0.1, 0.15) is 20.8 Å². The third kappa shape index (κ3) is 9.76. The van der Waals surface area contributed by atoms with Gasteiger partial charge in [0.15, 0.2) is 0 Å². The molecular weight excluding hydrogens is 170 g/mol. The van der Waals surface area contributed by atoms with Gasteiger partial charge < -0.3 is 20.3 Å². The van der Waals surface area contributed by atoms with Crippen molar-refractivity contribution in [1.29, 1.82) is 0 Å². The number of aliphatic hydroxyl groups excluding tert-OH is 1. The normalized spacial score (nSPS) is 14.5. The van der Waals surface area contributed by atoms with Crippen molar-refractivity contribution in [2.45, 2.75) is 32.4 Å². The summed E-state index contributed by atoms with van der Waals surface area (Å²) < 4.78 is 10.2. The van der Waals surface area contributed by atoms with Crippen LogP contribution in [-0.4, -0.2) is 43.2 Å². The summed E-state index contributed by atoms with van der Waals surface area (Å²) in [4.78, 5) is 0. The van der Waals surface area contributed by atoms with E-state index < -0.39 is 6.10 Å². The van der Waals surface area contributed by atoms with E-state index in [9.17, 15) is 5.11 Å². The zero-order valence-corrected chi connectivity index (χ0v) is 8.75. The van der Waals surface area contributed by atoms with Gasteiger partial charge in [-0.25, -0.2) is 0 Å². The Kier molecular flexibility index (Phi) is 6.24. The summed E-state index contributed by atoms with van der Waals surface area (Å²) in [5.41, 5.74) is 5.34. The summed E-state index contributed by atoms with van der Waals surface area (Å²) in [6, 6.07) is 0. The first-order valence-corrected chi connectivity index (χ1v) is 4.58.